The Kier molecular flexibility index (Phi) is 3.26. The minimum Gasteiger partial charge on any atom is -0.383 e. The molecule has 1 heterocycles. The van der Waals surface area contributed by atoms with Crippen LogP contribution in [0.2, 0.25) is 0 Å². The Bertz CT molecular complexity index is 770. The molecule has 0 aliphatic carbocycles. The lowest BCUT2D eigenvalue weighted by molar-refractivity contribution is 0.0657. The average molecular weight is 284 g/mol. The lowest BCUT2D eigenvalue weighted by Gasteiger charge is -2.19. The van der Waals surface area contributed by atoms with Crippen molar-refractivity contribution in [1.29, 1.82) is 0 Å². The second kappa shape index (κ2) is 4.97. The van der Waals surface area contributed by atoms with Crippen LogP contribution in [0.3, 0.4) is 0 Å². The monoisotopic (exact) mass is 284 g/mol. The summed E-state index contributed by atoms with van der Waals surface area (Å²) in [5, 5.41) is 10.3. The number of hydrogen-bond donors (Lipinski definition) is 1. The van der Waals surface area contributed by atoms with Gasteiger partial charge in [0.05, 0.1) is 11.0 Å². The number of para-hydroxylation sites is 2. The first-order chi connectivity index (χ1) is 9.95. The van der Waals surface area contributed by atoms with Gasteiger partial charge in [0.15, 0.2) is 0 Å². The number of aliphatic hydroxyl groups is 1. The van der Waals surface area contributed by atoms with Gasteiger partial charge in [-0.05, 0) is 43.7 Å². The molecular weight excluding hydrogens is 267 g/mol. The number of benzene rings is 2. The summed E-state index contributed by atoms with van der Waals surface area (Å²) in [6.45, 7) is 3.98. The Morgan fingerprint density at radius 1 is 1.10 bits per heavy atom. The first-order valence-electron chi connectivity index (χ1n) is 6.88. The van der Waals surface area contributed by atoms with E-state index in [0.29, 0.717) is 12.4 Å². The van der Waals surface area contributed by atoms with Crippen molar-refractivity contribution in [3.63, 3.8) is 0 Å². The largest absolute Gasteiger partial charge is 0.383 e. The maximum atomic E-state index is 13.0. The maximum absolute atomic E-state index is 13.0. The van der Waals surface area contributed by atoms with Gasteiger partial charge >= 0.3 is 0 Å². The van der Waals surface area contributed by atoms with Gasteiger partial charge in [-0.15, -0.1) is 0 Å². The molecule has 1 aromatic heterocycles. The van der Waals surface area contributed by atoms with E-state index >= 15 is 0 Å². The maximum Gasteiger partial charge on any atom is 0.141 e. The second-order valence-corrected chi connectivity index (χ2v) is 5.70. The highest BCUT2D eigenvalue weighted by atomic mass is 19.1. The van der Waals surface area contributed by atoms with E-state index in [1.54, 1.807) is 26.0 Å². The highest BCUT2D eigenvalue weighted by Crippen LogP contribution is 2.25. The highest BCUT2D eigenvalue weighted by Gasteiger charge is 2.24. The molecular formula is C17H17FN2O. The summed E-state index contributed by atoms with van der Waals surface area (Å²) in [6.07, 6.45) is 0. The average Bonchev–Trinajstić information content (AvgIpc) is 2.81. The van der Waals surface area contributed by atoms with Crippen LogP contribution in [0, 0.1) is 5.82 Å². The molecule has 0 aliphatic heterocycles. The summed E-state index contributed by atoms with van der Waals surface area (Å²) in [7, 11) is 0. The van der Waals surface area contributed by atoms with Gasteiger partial charge in [-0.2, -0.15) is 0 Å². The van der Waals surface area contributed by atoms with Crippen molar-refractivity contribution in [1.82, 2.24) is 9.55 Å². The third-order valence-electron chi connectivity index (χ3n) is 3.46. The summed E-state index contributed by atoms with van der Waals surface area (Å²) in [6, 6.07) is 14.1. The Morgan fingerprint density at radius 3 is 2.43 bits per heavy atom. The van der Waals surface area contributed by atoms with E-state index in [4.69, 9.17) is 0 Å². The van der Waals surface area contributed by atoms with Crippen LogP contribution in [-0.4, -0.2) is 14.7 Å². The van der Waals surface area contributed by atoms with E-state index in [1.165, 1.54) is 12.1 Å². The molecule has 3 rings (SSSR count). The molecule has 0 saturated carbocycles. The minimum atomic E-state index is -1.04. The fourth-order valence-electron chi connectivity index (χ4n) is 2.48. The van der Waals surface area contributed by atoms with Crippen LogP contribution < -0.4 is 0 Å². The molecule has 0 atom stereocenters. The molecule has 3 nitrogen and oxygen atoms in total. The van der Waals surface area contributed by atoms with E-state index in [0.717, 1.165) is 16.6 Å². The second-order valence-electron chi connectivity index (χ2n) is 5.70. The Labute approximate surface area is 122 Å². The van der Waals surface area contributed by atoms with Crippen molar-refractivity contribution in [3.8, 4) is 0 Å². The molecule has 108 valence electrons. The molecule has 1 N–H and O–H groups in total. The molecule has 0 amide bonds. The number of hydrogen-bond acceptors (Lipinski definition) is 2. The fourth-order valence-corrected chi connectivity index (χ4v) is 2.48. The normalized spacial score (nSPS) is 12.0. The predicted octanol–water partition coefficient (Wildman–Crippen LogP) is 3.45. The third-order valence-corrected chi connectivity index (χ3v) is 3.46. The quantitative estimate of drug-likeness (QED) is 0.800. The van der Waals surface area contributed by atoms with Gasteiger partial charge in [-0.1, -0.05) is 24.3 Å². The van der Waals surface area contributed by atoms with Crippen molar-refractivity contribution < 1.29 is 9.50 Å². The lowest BCUT2D eigenvalue weighted by Crippen LogP contribution is -2.22. The topological polar surface area (TPSA) is 38.1 Å². The molecule has 2 aromatic carbocycles. The standard InChI is InChI=1S/C17H17FN2O/c1-17(2,21)16-19-14-5-3-4-6-15(14)20(16)11-12-7-9-13(18)10-8-12/h3-10,21H,11H2,1-2H3. The van der Waals surface area contributed by atoms with Crippen LogP contribution in [0.1, 0.15) is 25.2 Å². The number of imidazole rings is 1. The van der Waals surface area contributed by atoms with Gasteiger partial charge in [0.25, 0.3) is 0 Å². The number of halogens is 1. The summed E-state index contributed by atoms with van der Waals surface area (Å²) in [5.74, 6) is 0.352. The number of rotatable bonds is 3. The van der Waals surface area contributed by atoms with Crippen LogP contribution in [0.25, 0.3) is 11.0 Å². The van der Waals surface area contributed by atoms with E-state index in [1.807, 2.05) is 28.8 Å². The number of nitrogens with zero attached hydrogens (tertiary/aromatic N) is 2. The van der Waals surface area contributed by atoms with Crippen molar-refractivity contribution >= 4 is 11.0 Å². The van der Waals surface area contributed by atoms with Crippen LogP contribution >= 0.6 is 0 Å². The van der Waals surface area contributed by atoms with Crippen LogP contribution in [0.5, 0.6) is 0 Å². The van der Waals surface area contributed by atoms with Crippen molar-refractivity contribution in [2.24, 2.45) is 0 Å². The van der Waals surface area contributed by atoms with Crippen LogP contribution in [0.15, 0.2) is 48.5 Å². The molecule has 0 unspecified atom stereocenters. The molecule has 0 aliphatic rings. The fraction of sp³-hybridized carbons (Fsp3) is 0.235. The van der Waals surface area contributed by atoms with E-state index in [9.17, 15) is 9.50 Å². The summed E-state index contributed by atoms with van der Waals surface area (Å²) < 4.78 is 15.0. The zero-order valence-electron chi connectivity index (χ0n) is 12.0. The minimum absolute atomic E-state index is 0.253. The molecule has 0 fully saturated rings. The van der Waals surface area contributed by atoms with Crippen molar-refractivity contribution in [2.45, 2.75) is 26.0 Å². The Balaban J connectivity index is 2.13. The number of aromatic nitrogens is 2. The first kappa shape index (κ1) is 13.8. The van der Waals surface area contributed by atoms with Crippen molar-refractivity contribution in [2.75, 3.05) is 0 Å². The zero-order chi connectivity index (χ0) is 15.0. The SMILES string of the molecule is CC(C)(O)c1nc2ccccc2n1Cc1ccc(F)cc1. The van der Waals surface area contributed by atoms with Gasteiger partial charge in [-0.25, -0.2) is 9.37 Å². The van der Waals surface area contributed by atoms with Crippen LogP contribution in [0.4, 0.5) is 4.39 Å². The molecule has 0 saturated heterocycles. The summed E-state index contributed by atoms with van der Waals surface area (Å²) >= 11 is 0. The molecule has 4 heteroatoms. The smallest absolute Gasteiger partial charge is 0.141 e. The third kappa shape index (κ3) is 2.67. The molecule has 3 aromatic rings. The number of fused-ring (bicyclic) bond motifs is 1. The van der Waals surface area contributed by atoms with E-state index < -0.39 is 5.60 Å². The van der Waals surface area contributed by atoms with E-state index in [-0.39, 0.29) is 5.82 Å². The Morgan fingerprint density at radius 2 is 1.76 bits per heavy atom. The zero-order valence-corrected chi connectivity index (χ0v) is 12.0. The summed E-state index contributed by atoms with van der Waals surface area (Å²) in [5.41, 5.74) is 1.72. The van der Waals surface area contributed by atoms with Gasteiger partial charge in [0, 0.05) is 6.54 Å². The van der Waals surface area contributed by atoms with Gasteiger partial charge < -0.3 is 9.67 Å². The Hall–Kier alpha value is -2.20. The van der Waals surface area contributed by atoms with E-state index in [2.05, 4.69) is 4.98 Å². The van der Waals surface area contributed by atoms with Gasteiger partial charge in [0.1, 0.15) is 17.2 Å². The van der Waals surface area contributed by atoms with Gasteiger partial charge in [-0.3, -0.25) is 0 Å². The first-order valence-corrected chi connectivity index (χ1v) is 6.88. The van der Waals surface area contributed by atoms with Crippen molar-refractivity contribution in [3.05, 3.63) is 65.7 Å². The predicted molar refractivity (Wildman–Crippen MR) is 80.5 cm³/mol. The highest BCUT2D eigenvalue weighted by molar-refractivity contribution is 5.76. The molecule has 0 bridgehead atoms. The molecule has 0 radical (unpaired) electrons. The van der Waals surface area contributed by atoms with Crippen LogP contribution in [-0.2, 0) is 12.1 Å². The lowest BCUT2D eigenvalue weighted by atomic mass is 10.1. The molecule has 21 heavy (non-hydrogen) atoms. The van der Waals surface area contributed by atoms with Gasteiger partial charge in [0.2, 0.25) is 0 Å². The summed E-state index contributed by atoms with van der Waals surface area (Å²) in [4.78, 5) is 4.54. The molecule has 0 spiro atoms.